The third kappa shape index (κ3) is 4.04. The minimum atomic E-state index is -0.247. The number of hydrogen-bond donors (Lipinski definition) is 1. The average Bonchev–Trinajstić information content (AvgIpc) is 3.05. The summed E-state index contributed by atoms with van der Waals surface area (Å²) in [5.41, 5.74) is 5.39. The number of nitrogens with one attached hydrogen (secondary N) is 1. The molecule has 0 radical (unpaired) electrons. The summed E-state index contributed by atoms with van der Waals surface area (Å²) in [5.74, 6) is 0.702. The zero-order valence-electron chi connectivity index (χ0n) is 18.5. The molecule has 3 aromatic carbocycles. The molecule has 0 unspecified atom stereocenters. The van der Waals surface area contributed by atoms with Gasteiger partial charge < -0.3 is 19.4 Å². The highest BCUT2D eigenvalue weighted by Gasteiger charge is 2.16. The van der Waals surface area contributed by atoms with Crippen molar-refractivity contribution >= 4 is 22.5 Å². The molecule has 0 aliphatic carbocycles. The number of halogens is 1. The Labute approximate surface area is 186 Å². The highest BCUT2D eigenvalue weighted by Crippen LogP contribution is 2.31. The summed E-state index contributed by atoms with van der Waals surface area (Å²) in [4.78, 5) is 13.0. The first-order valence-electron chi connectivity index (χ1n) is 10.3. The first-order valence-corrected chi connectivity index (χ1v) is 10.3. The molecule has 164 valence electrons. The Balaban J connectivity index is 1.64. The quantitative estimate of drug-likeness (QED) is 0.424. The van der Waals surface area contributed by atoms with Crippen LogP contribution in [0.15, 0.2) is 60.7 Å². The van der Waals surface area contributed by atoms with Gasteiger partial charge in [-0.2, -0.15) is 0 Å². The van der Waals surface area contributed by atoms with E-state index >= 15 is 0 Å². The molecule has 0 aliphatic rings. The minimum Gasteiger partial charge on any atom is -0.497 e. The largest absolute Gasteiger partial charge is 0.497 e. The number of aryl methyl sites for hydroxylation is 1. The first-order chi connectivity index (χ1) is 15.4. The summed E-state index contributed by atoms with van der Waals surface area (Å²) < 4.78 is 26.0. The Morgan fingerprint density at radius 1 is 0.969 bits per heavy atom. The minimum absolute atomic E-state index is 0.223. The summed E-state index contributed by atoms with van der Waals surface area (Å²) in [7, 11) is 3.13. The van der Waals surface area contributed by atoms with Crippen molar-refractivity contribution in [2.45, 2.75) is 20.4 Å². The van der Waals surface area contributed by atoms with Crippen molar-refractivity contribution < 1.29 is 18.7 Å². The molecule has 5 nitrogen and oxygen atoms in total. The third-order valence-corrected chi connectivity index (χ3v) is 5.81. The van der Waals surface area contributed by atoms with Crippen molar-refractivity contribution in [3.63, 3.8) is 0 Å². The Morgan fingerprint density at radius 3 is 2.41 bits per heavy atom. The van der Waals surface area contributed by atoms with Crippen molar-refractivity contribution in [3.05, 3.63) is 88.9 Å². The van der Waals surface area contributed by atoms with Crippen LogP contribution in [0.3, 0.4) is 0 Å². The second kappa shape index (κ2) is 8.75. The third-order valence-electron chi connectivity index (χ3n) is 5.81. The van der Waals surface area contributed by atoms with Crippen molar-refractivity contribution in [3.8, 4) is 11.5 Å². The molecule has 0 bridgehead atoms. The number of ether oxygens (including phenoxy) is 2. The van der Waals surface area contributed by atoms with Gasteiger partial charge in [-0.05, 0) is 67.4 Å². The maximum absolute atomic E-state index is 13.3. The molecule has 1 amide bonds. The lowest BCUT2D eigenvalue weighted by Crippen LogP contribution is -2.12. The molecule has 0 fully saturated rings. The number of hydrogen-bond acceptors (Lipinski definition) is 3. The monoisotopic (exact) mass is 432 g/mol. The highest BCUT2D eigenvalue weighted by atomic mass is 19.1. The van der Waals surface area contributed by atoms with Crippen LogP contribution in [0.25, 0.3) is 10.9 Å². The van der Waals surface area contributed by atoms with E-state index in [1.165, 1.54) is 12.1 Å². The van der Waals surface area contributed by atoms with E-state index in [9.17, 15) is 9.18 Å². The number of carbonyl (C=O) groups is 1. The summed E-state index contributed by atoms with van der Waals surface area (Å²) in [6.45, 7) is 4.73. The van der Waals surface area contributed by atoms with E-state index in [1.807, 2.05) is 25.1 Å². The Bertz CT molecular complexity index is 1290. The Kier molecular flexibility index (Phi) is 5.86. The summed E-state index contributed by atoms with van der Waals surface area (Å²) in [6.07, 6.45) is 0. The smallest absolute Gasteiger partial charge is 0.255 e. The van der Waals surface area contributed by atoms with Gasteiger partial charge in [0, 0.05) is 34.8 Å². The molecule has 4 rings (SSSR count). The van der Waals surface area contributed by atoms with Crippen LogP contribution in [0.4, 0.5) is 10.1 Å². The summed E-state index contributed by atoms with van der Waals surface area (Å²) in [5, 5.41) is 3.93. The lowest BCUT2D eigenvalue weighted by molar-refractivity contribution is 0.102. The van der Waals surface area contributed by atoms with Crippen LogP contribution in [0.1, 0.15) is 27.2 Å². The molecular formula is C26H25FN2O3. The normalized spacial score (nSPS) is 10.9. The van der Waals surface area contributed by atoms with Gasteiger partial charge in [-0.15, -0.1) is 0 Å². The van der Waals surface area contributed by atoms with Crippen LogP contribution in [0.5, 0.6) is 11.5 Å². The topological polar surface area (TPSA) is 52.5 Å². The van der Waals surface area contributed by atoms with Crippen LogP contribution in [-0.4, -0.2) is 24.7 Å². The van der Waals surface area contributed by atoms with Crippen molar-refractivity contribution in [2.75, 3.05) is 19.5 Å². The first kappa shape index (κ1) is 21.4. The zero-order valence-corrected chi connectivity index (χ0v) is 18.5. The van der Waals surface area contributed by atoms with Crippen molar-refractivity contribution in [1.82, 2.24) is 4.57 Å². The van der Waals surface area contributed by atoms with E-state index in [-0.39, 0.29) is 11.7 Å². The maximum atomic E-state index is 13.3. The zero-order chi connectivity index (χ0) is 22.8. The molecule has 6 heteroatoms. The lowest BCUT2D eigenvalue weighted by atomic mass is 10.1. The molecule has 1 N–H and O–H groups in total. The van der Waals surface area contributed by atoms with E-state index in [0.717, 1.165) is 27.7 Å². The predicted octanol–water partition coefficient (Wildman–Crippen LogP) is 5.72. The van der Waals surface area contributed by atoms with E-state index in [2.05, 4.69) is 16.8 Å². The Hall–Kier alpha value is -3.80. The van der Waals surface area contributed by atoms with Gasteiger partial charge in [-0.25, -0.2) is 4.39 Å². The lowest BCUT2D eigenvalue weighted by Gasteiger charge is -2.12. The fraction of sp³-hybridized carbons (Fsp3) is 0.192. The van der Waals surface area contributed by atoms with E-state index in [1.54, 1.807) is 44.6 Å². The number of aromatic nitrogens is 1. The molecule has 0 spiro atoms. The second-order valence-electron chi connectivity index (χ2n) is 7.68. The highest BCUT2D eigenvalue weighted by molar-refractivity contribution is 6.07. The SMILES string of the molecule is COc1ccc(NC(=O)c2ccc3c(c2)c(C)c(C)n3Cc2ccc(F)cc2)c(OC)c1. The molecular weight excluding hydrogens is 407 g/mol. The predicted molar refractivity (Wildman–Crippen MR) is 124 cm³/mol. The van der Waals surface area contributed by atoms with E-state index < -0.39 is 0 Å². The summed E-state index contributed by atoms with van der Waals surface area (Å²) in [6, 6.07) is 17.4. The molecule has 1 aromatic heterocycles. The summed E-state index contributed by atoms with van der Waals surface area (Å²) >= 11 is 0. The van der Waals surface area contributed by atoms with Crippen LogP contribution in [-0.2, 0) is 6.54 Å². The van der Waals surface area contributed by atoms with E-state index in [0.29, 0.717) is 29.3 Å². The van der Waals surface area contributed by atoms with Gasteiger partial charge in [0.25, 0.3) is 5.91 Å². The van der Waals surface area contributed by atoms with Gasteiger partial charge in [0.15, 0.2) is 0 Å². The molecule has 0 aliphatic heterocycles. The number of carbonyl (C=O) groups excluding carboxylic acids is 1. The fourth-order valence-corrected chi connectivity index (χ4v) is 3.86. The van der Waals surface area contributed by atoms with E-state index in [4.69, 9.17) is 9.47 Å². The van der Waals surface area contributed by atoms with Gasteiger partial charge in [-0.1, -0.05) is 12.1 Å². The van der Waals surface area contributed by atoms with Crippen LogP contribution in [0.2, 0.25) is 0 Å². The number of methoxy groups -OCH3 is 2. The van der Waals surface area contributed by atoms with Crippen molar-refractivity contribution in [2.24, 2.45) is 0 Å². The van der Waals surface area contributed by atoms with Crippen LogP contribution in [0, 0.1) is 19.7 Å². The van der Waals surface area contributed by atoms with Gasteiger partial charge in [0.2, 0.25) is 0 Å². The number of amides is 1. The number of rotatable bonds is 6. The maximum Gasteiger partial charge on any atom is 0.255 e. The van der Waals surface area contributed by atoms with Crippen molar-refractivity contribution in [1.29, 1.82) is 0 Å². The average molecular weight is 432 g/mol. The van der Waals surface area contributed by atoms with Crippen LogP contribution < -0.4 is 14.8 Å². The standard InChI is InChI=1S/C26H25FN2O3/c1-16-17(2)29(15-18-5-8-20(27)9-6-18)24-12-7-19(13-22(16)24)26(30)28-23-11-10-21(31-3)14-25(23)32-4/h5-14H,15H2,1-4H3,(H,28,30). The molecule has 32 heavy (non-hydrogen) atoms. The molecule has 0 saturated heterocycles. The molecule has 0 saturated carbocycles. The number of fused-ring (bicyclic) bond motifs is 1. The number of anilines is 1. The number of benzene rings is 3. The molecule has 1 heterocycles. The molecule has 4 aromatic rings. The van der Waals surface area contributed by atoms with Gasteiger partial charge in [0.05, 0.1) is 19.9 Å². The van der Waals surface area contributed by atoms with Crippen LogP contribution >= 0.6 is 0 Å². The second-order valence-corrected chi connectivity index (χ2v) is 7.68. The molecule has 0 atom stereocenters. The van der Waals surface area contributed by atoms with Gasteiger partial charge >= 0.3 is 0 Å². The fourth-order valence-electron chi connectivity index (χ4n) is 3.86. The number of nitrogens with zero attached hydrogens (tertiary/aromatic N) is 1. The van der Waals surface area contributed by atoms with Gasteiger partial charge in [0.1, 0.15) is 17.3 Å². The Morgan fingerprint density at radius 2 is 1.72 bits per heavy atom. The van der Waals surface area contributed by atoms with Gasteiger partial charge in [-0.3, -0.25) is 4.79 Å².